The van der Waals surface area contributed by atoms with Crippen LogP contribution in [0.4, 0.5) is 0 Å². The van der Waals surface area contributed by atoms with Crippen LogP contribution in [0, 0.1) is 0 Å². The number of hydrogen-bond donors (Lipinski definition) is 0. The molecule has 3 rings (SSSR count). The predicted octanol–water partition coefficient (Wildman–Crippen LogP) is 8.08. The van der Waals surface area contributed by atoms with Gasteiger partial charge in [-0.1, -0.05) is 41.5 Å². The summed E-state index contributed by atoms with van der Waals surface area (Å²) in [6.45, 7) is 16.0. The Kier molecular flexibility index (Phi) is 6.75. The molecule has 2 atom stereocenters. The minimum atomic E-state index is -1.22. The van der Waals surface area contributed by atoms with Gasteiger partial charge in [-0.3, -0.25) is 0 Å². The molecule has 2 aliphatic rings. The fourth-order valence-electron chi connectivity index (χ4n) is 5.30. The van der Waals surface area contributed by atoms with Crippen molar-refractivity contribution in [3.05, 3.63) is 63.3 Å². The smallest absolute Gasteiger partial charge is 0.0790 e. The lowest BCUT2D eigenvalue weighted by Crippen LogP contribution is -2.32. The van der Waals surface area contributed by atoms with Crippen LogP contribution in [-0.4, -0.2) is 47.6 Å². The molecule has 0 bridgehead atoms. The predicted molar refractivity (Wildman–Crippen MR) is 147 cm³/mol. The van der Waals surface area contributed by atoms with Gasteiger partial charge in [-0.2, -0.15) is 10.0 Å². The van der Waals surface area contributed by atoms with E-state index in [0.29, 0.717) is 10.5 Å². The molecule has 0 saturated carbocycles. The first-order valence-corrected chi connectivity index (χ1v) is 16.7. The van der Waals surface area contributed by atoms with E-state index in [4.69, 9.17) is 4.74 Å². The van der Waals surface area contributed by atoms with Crippen molar-refractivity contribution in [3.8, 4) is 0 Å². The maximum absolute atomic E-state index is 6.65. The summed E-state index contributed by atoms with van der Waals surface area (Å²) in [4.78, 5) is 0. The van der Waals surface area contributed by atoms with Crippen LogP contribution in [0.2, 0.25) is 0 Å². The van der Waals surface area contributed by atoms with E-state index in [1.165, 1.54) is 28.0 Å². The van der Waals surface area contributed by atoms with Crippen LogP contribution >= 0.6 is 20.1 Å². The molecule has 1 nitrogen and oxygen atoms in total. The third-order valence-electron chi connectivity index (χ3n) is 6.91. The van der Waals surface area contributed by atoms with Gasteiger partial charge in [0.25, 0.3) is 0 Å². The van der Waals surface area contributed by atoms with Gasteiger partial charge in [-0.05, 0) is 107 Å². The Labute approximate surface area is 195 Å². The molecular formula is C28H44OS2. The van der Waals surface area contributed by atoms with Crippen LogP contribution in [0.3, 0.4) is 0 Å². The van der Waals surface area contributed by atoms with Gasteiger partial charge in [-0.15, -0.1) is 0 Å². The van der Waals surface area contributed by atoms with Crippen molar-refractivity contribution in [3.63, 3.8) is 0 Å². The Morgan fingerprint density at radius 3 is 1.90 bits per heavy atom. The molecular weight excluding hydrogens is 416 g/mol. The maximum Gasteiger partial charge on any atom is 0.0790 e. The monoisotopic (exact) mass is 460 g/mol. The summed E-state index contributed by atoms with van der Waals surface area (Å²) < 4.78 is 6.65. The van der Waals surface area contributed by atoms with Crippen LogP contribution < -0.4 is 0 Å². The fraction of sp³-hybridized carbons (Fsp3) is 0.571. The van der Waals surface area contributed by atoms with Gasteiger partial charge in [0.1, 0.15) is 0 Å². The Morgan fingerprint density at radius 1 is 0.839 bits per heavy atom. The van der Waals surface area contributed by atoms with Gasteiger partial charge in [0.05, 0.1) is 11.5 Å². The van der Waals surface area contributed by atoms with Gasteiger partial charge < -0.3 is 4.74 Å². The summed E-state index contributed by atoms with van der Waals surface area (Å²) in [7, 11) is -1.87. The molecule has 0 saturated heterocycles. The lowest BCUT2D eigenvalue weighted by atomic mass is 10.1. The number of rotatable bonds is 6. The van der Waals surface area contributed by atoms with E-state index >= 15 is 0 Å². The molecule has 0 heterocycles. The van der Waals surface area contributed by atoms with Crippen molar-refractivity contribution in [2.45, 2.75) is 64.6 Å². The zero-order valence-corrected chi connectivity index (χ0v) is 23.3. The minimum absolute atomic E-state index is 0.135. The quantitative estimate of drug-likeness (QED) is 0.417. The largest absolute Gasteiger partial charge is 0.367 e. The van der Waals surface area contributed by atoms with E-state index in [0.717, 1.165) is 5.94 Å². The van der Waals surface area contributed by atoms with Gasteiger partial charge in [0.15, 0.2) is 0 Å². The van der Waals surface area contributed by atoms with E-state index in [-0.39, 0.29) is 5.60 Å². The molecule has 0 fully saturated rings. The molecule has 1 aromatic rings. The maximum atomic E-state index is 6.65. The van der Waals surface area contributed by atoms with Crippen LogP contribution in [0.5, 0.6) is 0 Å². The lowest BCUT2D eigenvalue weighted by molar-refractivity contribution is 0.0270. The van der Waals surface area contributed by atoms with Crippen LogP contribution in [0.25, 0.3) is 6.08 Å². The number of ether oxygens (including phenoxy) is 1. The average Bonchev–Trinajstić information content (AvgIpc) is 3.09. The van der Waals surface area contributed by atoms with Crippen LogP contribution in [-0.2, 0) is 4.74 Å². The highest BCUT2D eigenvalue weighted by Crippen LogP contribution is 2.71. The Balaban J connectivity index is 2.20. The Bertz CT molecular complexity index is 928. The molecule has 0 radical (unpaired) electrons. The van der Waals surface area contributed by atoms with Crippen LogP contribution in [0.1, 0.15) is 64.8 Å². The summed E-state index contributed by atoms with van der Waals surface area (Å²) in [5, 5.41) is 0.954. The molecule has 0 amide bonds. The fourth-order valence-corrected chi connectivity index (χ4v) is 11.4. The van der Waals surface area contributed by atoms with Gasteiger partial charge in [0.2, 0.25) is 0 Å². The number of benzene rings is 1. The van der Waals surface area contributed by atoms with E-state index in [9.17, 15) is 0 Å². The first kappa shape index (κ1) is 24.7. The van der Waals surface area contributed by atoms with Gasteiger partial charge >= 0.3 is 0 Å². The second-order valence-electron chi connectivity index (χ2n) is 11.6. The summed E-state index contributed by atoms with van der Waals surface area (Å²) in [6, 6.07) is 9.12. The molecule has 2 aliphatic carbocycles. The number of hydrogen-bond acceptors (Lipinski definition) is 1. The van der Waals surface area contributed by atoms with Crippen molar-refractivity contribution in [1.82, 2.24) is 0 Å². The topological polar surface area (TPSA) is 9.23 Å². The highest BCUT2D eigenvalue weighted by atomic mass is 32.3. The molecule has 174 valence electrons. The van der Waals surface area contributed by atoms with Crippen molar-refractivity contribution < 1.29 is 4.74 Å². The number of fused-ring (bicyclic) bond motifs is 1. The SMILES string of the molecule is CC1=C(C)C(S(C)(COC(C)(C)C)C2C(CS(C)(C)C)=Cc3ccccc32)C(C)=C1C. The van der Waals surface area contributed by atoms with E-state index in [2.05, 4.69) is 104 Å². The second-order valence-corrected chi connectivity index (χ2v) is 19.7. The normalized spacial score (nSPS) is 23.7. The second kappa shape index (κ2) is 8.47. The molecule has 0 N–H and O–H groups in total. The summed E-state index contributed by atoms with van der Waals surface area (Å²) >= 11 is 0. The van der Waals surface area contributed by atoms with Crippen molar-refractivity contribution >= 4 is 26.1 Å². The lowest BCUT2D eigenvalue weighted by Gasteiger charge is -2.51. The van der Waals surface area contributed by atoms with E-state index in [1.54, 1.807) is 16.7 Å². The summed E-state index contributed by atoms with van der Waals surface area (Å²) in [5.41, 5.74) is 10.6. The average molecular weight is 461 g/mol. The molecule has 0 aromatic heterocycles. The van der Waals surface area contributed by atoms with Gasteiger partial charge in [0, 0.05) is 10.5 Å². The minimum Gasteiger partial charge on any atom is -0.367 e. The number of allylic oxidation sites excluding steroid dienone is 2. The zero-order chi connectivity index (χ0) is 23.4. The first-order valence-electron chi connectivity index (χ1n) is 11.3. The Hall–Kier alpha value is -0.900. The summed E-state index contributed by atoms with van der Waals surface area (Å²) in [6.07, 6.45) is 12.5. The van der Waals surface area contributed by atoms with Gasteiger partial charge in [-0.25, -0.2) is 10.0 Å². The van der Waals surface area contributed by atoms with Crippen LogP contribution in [0.15, 0.2) is 52.1 Å². The molecule has 31 heavy (non-hydrogen) atoms. The third kappa shape index (κ3) is 4.89. The van der Waals surface area contributed by atoms with E-state index in [1.807, 2.05) is 0 Å². The van der Waals surface area contributed by atoms with E-state index < -0.39 is 20.1 Å². The third-order valence-corrected chi connectivity index (χ3v) is 12.2. The van der Waals surface area contributed by atoms with Crippen molar-refractivity contribution in [1.29, 1.82) is 0 Å². The highest BCUT2D eigenvalue weighted by Gasteiger charge is 2.46. The van der Waals surface area contributed by atoms with Crippen molar-refractivity contribution in [2.24, 2.45) is 0 Å². The zero-order valence-electron chi connectivity index (χ0n) is 21.7. The molecule has 3 heteroatoms. The molecule has 1 aromatic carbocycles. The Morgan fingerprint density at radius 2 is 1.39 bits per heavy atom. The summed E-state index contributed by atoms with van der Waals surface area (Å²) in [5.74, 6) is 2.05. The molecule has 2 unspecified atom stereocenters. The standard InChI is InChI=1S/C28H44OS2/c1-19-20(2)22(4)26(21(19)3)31(11,18-29-28(5,6)7)27-24(17-30(8,9)10)16-23-14-12-13-15-25(23)27/h12-16,26-27H,17-18H2,1-11H3. The first-order chi connectivity index (χ1) is 14.2. The van der Waals surface area contributed by atoms with Crippen molar-refractivity contribution in [2.75, 3.05) is 36.7 Å². The molecule has 0 aliphatic heterocycles. The highest BCUT2D eigenvalue weighted by molar-refractivity contribution is 8.34. The molecule has 0 spiro atoms.